The van der Waals surface area contributed by atoms with Crippen molar-refractivity contribution in [3.8, 4) is 0 Å². The number of nitrogens with zero attached hydrogens (tertiary/aromatic N) is 2. The van der Waals surface area contributed by atoms with Gasteiger partial charge in [-0.1, -0.05) is 0 Å². The van der Waals surface area contributed by atoms with Crippen LogP contribution in [-0.2, 0) is 0 Å². The van der Waals surface area contributed by atoms with Crippen molar-refractivity contribution in [1.29, 1.82) is 0 Å². The monoisotopic (exact) mass is 193 g/mol. The van der Waals surface area contributed by atoms with Crippen LogP contribution in [0.5, 0.6) is 0 Å². The second-order valence-corrected chi connectivity index (χ2v) is 4.36. The Morgan fingerprint density at radius 2 is 2.21 bits per heavy atom. The van der Waals surface area contributed by atoms with Crippen LogP contribution in [0.25, 0.3) is 0 Å². The highest BCUT2D eigenvalue weighted by Gasteiger charge is 2.36. The minimum absolute atomic E-state index is 0.302. The van der Waals surface area contributed by atoms with Gasteiger partial charge in [-0.3, -0.25) is 0 Å². The molecule has 0 saturated carbocycles. The third-order valence-electron chi connectivity index (χ3n) is 3.58. The molecule has 3 saturated heterocycles. The molecule has 0 aromatic carbocycles. The summed E-state index contributed by atoms with van der Waals surface area (Å²) >= 11 is 0. The van der Waals surface area contributed by atoms with Crippen LogP contribution in [-0.4, -0.2) is 29.5 Å². The number of aromatic nitrogens is 1. The Morgan fingerprint density at radius 1 is 1.43 bits per heavy atom. The number of hydrogen-bond acceptors (Lipinski definition) is 4. The average Bonchev–Trinajstić information content (AvgIpc) is 2.66. The van der Waals surface area contributed by atoms with E-state index in [1.54, 1.807) is 6.26 Å². The molecule has 76 valence electrons. The van der Waals surface area contributed by atoms with E-state index in [9.17, 15) is 0 Å². The molecule has 3 aliphatic rings. The van der Waals surface area contributed by atoms with Crippen LogP contribution >= 0.6 is 0 Å². The number of nitrogen functional groups attached to an aromatic ring is 1. The maximum absolute atomic E-state index is 5.49. The molecule has 3 fully saturated rings. The number of anilines is 1. The van der Waals surface area contributed by atoms with Crippen LogP contribution in [0.15, 0.2) is 10.7 Å². The molecule has 1 aromatic rings. The van der Waals surface area contributed by atoms with Gasteiger partial charge in [-0.05, 0) is 31.8 Å². The molecule has 4 nitrogen and oxygen atoms in total. The summed E-state index contributed by atoms with van der Waals surface area (Å²) in [4.78, 5) is 6.75. The van der Waals surface area contributed by atoms with E-state index in [0.29, 0.717) is 11.9 Å². The topological polar surface area (TPSA) is 55.3 Å². The Balaban J connectivity index is 1.85. The molecule has 4 heterocycles. The van der Waals surface area contributed by atoms with E-state index in [4.69, 9.17) is 10.2 Å². The van der Waals surface area contributed by atoms with E-state index in [1.165, 1.54) is 25.9 Å². The number of oxazole rings is 1. The van der Waals surface area contributed by atoms with Crippen molar-refractivity contribution >= 4 is 6.01 Å². The summed E-state index contributed by atoms with van der Waals surface area (Å²) in [5.74, 6) is 1.35. The molecule has 4 rings (SSSR count). The number of hydrogen-bond donors (Lipinski definition) is 1. The molecule has 2 N–H and O–H groups in total. The Morgan fingerprint density at radius 3 is 2.71 bits per heavy atom. The van der Waals surface area contributed by atoms with Crippen molar-refractivity contribution in [3.63, 3.8) is 0 Å². The van der Waals surface area contributed by atoms with Gasteiger partial charge in [0.1, 0.15) is 6.26 Å². The van der Waals surface area contributed by atoms with E-state index in [2.05, 4.69) is 9.88 Å². The zero-order chi connectivity index (χ0) is 9.54. The van der Waals surface area contributed by atoms with Crippen molar-refractivity contribution in [3.05, 3.63) is 12.0 Å². The molecule has 1 unspecified atom stereocenters. The van der Waals surface area contributed by atoms with Gasteiger partial charge in [-0.2, -0.15) is 4.98 Å². The van der Waals surface area contributed by atoms with Gasteiger partial charge in [0, 0.05) is 12.5 Å². The van der Waals surface area contributed by atoms with Gasteiger partial charge in [0.25, 0.3) is 6.01 Å². The minimum Gasteiger partial charge on any atom is -0.432 e. The van der Waals surface area contributed by atoms with Crippen LogP contribution < -0.4 is 5.73 Å². The van der Waals surface area contributed by atoms with E-state index in [0.717, 1.165) is 18.2 Å². The third kappa shape index (κ3) is 1.21. The van der Waals surface area contributed by atoms with Gasteiger partial charge >= 0.3 is 0 Å². The van der Waals surface area contributed by atoms with Crippen molar-refractivity contribution in [2.45, 2.75) is 18.8 Å². The van der Waals surface area contributed by atoms with Gasteiger partial charge in [-0.25, -0.2) is 0 Å². The van der Waals surface area contributed by atoms with Crippen LogP contribution in [0.2, 0.25) is 0 Å². The standard InChI is InChI=1S/C10H15N3O/c11-10-12-9(6-14-10)8-5-13-3-1-7(8)2-4-13/h6-8H,1-5H2,(H2,11,12). The molecule has 1 aromatic heterocycles. The van der Waals surface area contributed by atoms with E-state index >= 15 is 0 Å². The lowest BCUT2D eigenvalue weighted by atomic mass is 9.78. The highest BCUT2D eigenvalue weighted by atomic mass is 16.4. The van der Waals surface area contributed by atoms with Crippen molar-refractivity contribution in [2.75, 3.05) is 25.4 Å². The van der Waals surface area contributed by atoms with Gasteiger partial charge in [-0.15, -0.1) is 0 Å². The summed E-state index contributed by atoms with van der Waals surface area (Å²) in [6, 6.07) is 0.302. The average molecular weight is 193 g/mol. The molecule has 0 spiro atoms. The van der Waals surface area contributed by atoms with Crippen LogP contribution in [0.3, 0.4) is 0 Å². The lowest BCUT2D eigenvalue weighted by Gasteiger charge is -2.44. The Labute approximate surface area is 83.1 Å². The van der Waals surface area contributed by atoms with Gasteiger partial charge in [0.15, 0.2) is 0 Å². The summed E-state index contributed by atoms with van der Waals surface area (Å²) in [7, 11) is 0. The first-order chi connectivity index (χ1) is 6.83. The first kappa shape index (κ1) is 8.29. The number of rotatable bonds is 1. The van der Waals surface area contributed by atoms with Crippen molar-refractivity contribution < 1.29 is 4.42 Å². The second-order valence-electron chi connectivity index (χ2n) is 4.36. The molecule has 2 bridgehead atoms. The maximum Gasteiger partial charge on any atom is 0.292 e. The van der Waals surface area contributed by atoms with Crippen LogP contribution in [0, 0.1) is 5.92 Å². The number of nitrogens with two attached hydrogens (primary N) is 1. The normalized spacial score (nSPS) is 36.1. The quantitative estimate of drug-likeness (QED) is 0.724. The lowest BCUT2D eigenvalue weighted by Crippen LogP contribution is -2.46. The fraction of sp³-hybridized carbons (Fsp3) is 0.700. The van der Waals surface area contributed by atoms with Gasteiger partial charge in [0.05, 0.1) is 5.69 Å². The third-order valence-corrected chi connectivity index (χ3v) is 3.58. The fourth-order valence-electron chi connectivity index (χ4n) is 2.77. The Kier molecular flexibility index (Phi) is 1.77. The SMILES string of the molecule is Nc1nc(C2CN3CCC2CC3)co1. The van der Waals surface area contributed by atoms with Crippen LogP contribution in [0.4, 0.5) is 6.01 Å². The first-order valence-corrected chi connectivity index (χ1v) is 5.26. The molecular formula is C10H15N3O. The minimum atomic E-state index is 0.302. The predicted octanol–water partition coefficient (Wildman–Crippen LogP) is 1.07. The first-order valence-electron chi connectivity index (χ1n) is 5.26. The molecule has 3 aliphatic heterocycles. The molecule has 0 aliphatic carbocycles. The van der Waals surface area contributed by atoms with E-state index in [-0.39, 0.29) is 0 Å². The fourth-order valence-corrected chi connectivity index (χ4v) is 2.77. The highest BCUT2D eigenvalue weighted by molar-refractivity contribution is 5.18. The Bertz CT molecular complexity index is 328. The lowest BCUT2D eigenvalue weighted by molar-refractivity contribution is 0.0854. The van der Waals surface area contributed by atoms with Crippen molar-refractivity contribution in [2.24, 2.45) is 5.92 Å². The van der Waals surface area contributed by atoms with Gasteiger partial charge < -0.3 is 15.1 Å². The summed E-state index contributed by atoms with van der Waals surface area (Å²) in [5, 5.41) is 0. The number of fused-ring (bicyclic) bond motifs is 3. The summed E-state index contributed by atoms with van der Waals surface area (Å²) < 4.78 is 5.07. The zero-order valence-electron chi connectivity index (χ0n) is 8.15. The molecule has 4 heteroatoms. The molecule has 0 amide bonds. The molecule has 14 heavy (non-hydrogen) atoms. The number of piperidine rings is 3. The molecular weight excluding hydrogens is 178 g/mol. The zero-order valence-corrected chi connectivity index (χ0v) is 8.15. The predicted molar refractivity (Wildman–Crippen MR) is 52.8 cm³/mol. The van der Waals surface area contributed by atoms with Crippen LogP contribution in [0.1, 0.15) is 24.5 Å². The van der Waals surface area contributed by atoms with E-state index in [1.807, 2.05) is 0 Å². The second kappa shape index (κ2) is 2.98. The van der Waals surface area contributed by atoms with E-state index < -0.39 is 0 Å². The maximum atomic E-state index is 5.49. The van der Waals surface area contributed by atoms with Crippen molar-refractivity contribution in [1.82, 2.24) is 9.88 Å². The smallest absolute Gasteiger partial charge is 0.292 e. The molecule has 1 atom stereocenters. The Hall–Kier alpha value is -1.03. The summed E-state index contributed by atoms with van der Waals surface area (Å²) in [6.45, 7) is 3.65. The summed E-state index contributed by atoms with van der Waals surface area (Å²) in [5.41, 5.74) is 6.54. The highest BCUT2D eigenvalue weighted by Crippen LogP contribution is 2.38. The summed E-state index contributed by atoms with van der Waals surface area (Å²) in [6.07, 6.45) is 4.33. The van der Waals surface area contributed by atoms with Gasteiger partial charge in [0.2, 0.25) is 0 Å². The molecule has 0 radical (unpaired) electrons. The largest absolute Gasteiger partial charge is 0.432 e.